The second-order valence-electron chi connectivity index (χ2n) is 4.62. The third kappa shape index (κ3) is 2.17. The average Bonchev–Trinajstić information content (AvgIpc) is 2.65. The number of rotatable bonds is 3. The molecular weight excluding hydrogens is 226 g/mol. The third-order valence-electron chi connectivity index (χ3n) is 3.44. The van der Waals surface area contributed by atoms with Gasteiger partial charge in [-0.05, 0) is 12.8 Å². The molecule has 0 bridgehead atoms. The number of imide groups is 1. The van der Waals surface area contributed by atoms with E-state index in [9.17, 15) is 14.4 Å². The van der Waals surface area contributed by atoms with Gasteiger partial charge in [-0.1, -0.05) is 12.8 Å². The molecular formula is C11H15NO5. The summed E-state index contributed by atoms with van der Waals surface area (Å²) in [6.45, 7) is -0.264. The molecule has 0 aromatic heterocycles. The number of carbonyl (C=O) groups excluding carboxylic acids is 2. The molecule has 0 spiro atoms. The Balaban J connectivity index is 2.28. The van der Waals surface area contributed by atoms with Crippen molar-refractivity contribution in [1.29, 1.82) is 0 Å². The maximum Gasteiger partial charge on any atom is 0.305 e. The maximum atomic E-state index is 11.8. The zero-order valence-electron chi connectivity index (χ0n) is 9.48. The molecule has 1 aliphatic heterocycles. The number of nitrogens with zero attached hydrogens (tertiary/aromatic N) is 1. The van der Waals surface area contributed by atoms with Crippen molar-refractivity contribution in [3.63, 3.8) is 0 Å². The smallest absolute Gasteiger partial charge is 0.305 e. The zero-order chi connectivity index (χ0) is 12.5. The van der Waals surface area contributed by atoms with Crippen molar-refractivity contribution in [3.8, 4) is 0 Å². The fourth-order valence-electron chi connectivity index (χ4n) is 2.82. The van der Waals surface area contributed by atoms with Crippen LogP contribution in [0.2, 0.25) is 0 Å². The van der Waals surface area contributed by atoms with Crippen molar-refractivity contribution >= 4 is 17.8 Å². The Morgan fingerprint density at radius 1 is 1.24 bits per heavy atom. The predicted octanol–water partition coefficient (Wildman–Crippen LogP) is 0.159. The number of carbonyl (C=O) groups is 3. The minimum atomic E-state index is -0.973. The van der Waals surface area contributed by atoms with Gasteiger partial charge in [-0.3, -0.25) is 19.3 Å². The predicted molar refractivity (Wildman–Crippen MR) is 56.1 cm³/mol. The summed E-state index contributed by atoms with van der Waals surface area (Å²) < 4.78 is 4.85. The van der Waals surface area contributed by atoms with E-state index in [1.807, 2.05) is 0 Å². The Kier molecular flexibility index (Phi) is 3.15. The van der Waals surface area contributed by atoms with E-state index in [0.717, 1.165) is 17.7 Å². The van der Waals surface area contributed by atoms with Crippen molar-refractivity contribution in [2.75, 3.05) is 13.2 Å². The Labute approximate surface area is 98.5 Å². The lowest BCUT2D eigenvalue weighted by Gasteiger charge is -2.40. The summed E-state index contributed by atoms with van der Waals surface area (Å²) in [5.41, 5.74) is -0.816. The van der Waals surface area contributed by atoms with Crippen LogP contribution < -0.4 is 0 Å². The zero-order valence-corrected chi connectivity index (χ0v) is 9.48. The summed E-state index contributed by atoms with van der Waals surface area (Å²) in [7, 11) is 0. The molecule has 2 rings (SSSR count). The SMILES string of the molecule is O=C(O)CC1(N2C(=O)COCC2=O)CCCC1. The summed E-state index contributed by atoms with van der Waals surface area (Å²) >= 11 is 0. The maximum absolute atomic E-state index is 11.8. The molecule has 17 heavy (non-hydrogen) atoms. The minimum Gasteiger partial charge on any atom is -0.481 e. The fourth-order valence-corrected chi connectivity index (χ4v) is 2.82. The number of hydrogen-bond acceptors (Lipinski definition) is 4. The third-order valence-corrected chi connectivity index (χ3v) is 3.44. The van der Waals surface area contributed by atoms with Crippen LogP contribution in [-0.4, -0.2) is 46.5 Å². The number of ether oxygens (including phenoxy) is 1. The lowest BCUT2D eigenvalue weighted by atomic mass is 9.90. The average molecular weight is 241 g/mol. The van der Waals surface area contributed by atoms with Crippen LogP contribution in [0, 0.1) is 0 Å². The van der Waals surface area contributed by atoms with Crippen LogP contribution in [0.25, 0.3) is 0 Å². The summed E-state index contributed by atoms with van der Waals surface area (Å²) in [4.78, 5) is 35.6. The van der Waals surface area contributed by atoms with Crippen molar-refractivity contribution < 1.29 is 24.2 Å². The molecule has 1 heterocycles. The standard InChI is InChI=1S/C11H15NO5/c13-8-6-17-7-9(14)12(8)11(5-10(15)16)3-1-2-4-11/h1-7H2,(H,15,16). The molecule has 2 fully saturated rings. The molecule has 0 aromatic rings. The second kappa shape index (κ2) is 4.44. The molecule has 1 saturated heterocycles. The molecule has 94 valence electrons. The molecule has 6 nitrogen and oxygen atoms in total. The Morgan fingerprint density at radius 2 is 1.76 bits per heavy atom. The van der Waals surface area contributed by atoms with Crippen molar-refractivity contribution in [2.24, 2.45) is 0 Å². The fraction of sp³-hybridized carbons (Fsp3) is 0.727. The molecule has 6 heteroatoms. The van der Waals surface area contributed by atoms with Gasteiger partial charge in [-0.25, -0.2) is 0 Å². The van der Waals surface area contributed by atoms with Gasteiger partial charge >= 0.3 is 5.97 Å². The van der Waals surface area contributed by atoms with Crippen LogP contribution in [-0.2, 0) is 19.1 Å². The highest BCUT2D eigenvalue weighted by Gasteiger charge is 2.48. The number of carboxylic acids is 1. The van der Waals surface area contributed by atoms with Gasteiger partial charge in [0.15, 0.2) is 0 Å². The van der Waals surface area contributed by atoms with Crippen LogP contribution in [0.3, 0.4) is 0 Å². The van der Waals surface area contributed by atoms with Crippen LogP contribution in [0.4, 0.5) is 0 Å². The summed E-state index contributed by atoms with van der Waals surface area (Å²) in [5, 5.41) is 8.96. The Bertz CT molecular complexity index is 343. The lowest BCUT2D eigenvalue weighted by Crippen LogP contribution is -2.58. The number of morpholine rings is 1. The van der Waals surface area contributed by atoms with Gasteiger partial charge in [0.2, 0.25) is 0 Å². The van der Waals surface area contributed by atoms with E-state index in [0.29, 0.717) is 12.8 Å². The summed E-state index contributed by atoms with van der Waals surface area (Å²) in [6, 6.07) is 0. The van der Waals surface area contributed by atoms with Crippen molar-refractivity contribution in [3.05, 3.63) is 0 Å². The first kappa shape index (κ1) is 12.0. The first-order valence-electron chi connectivity index (χ1n) is 5.71. The monoisotopic (exact) mass is 241 g/mol. The molecule has 0 unspecified atom stereocenters. The molecule has 1 saturated carbocycles. The second-order valence-corrected chi connectivity index (χ2v) is 4.62. The van der Waals surface area contributed by atoms with Crippen LogP contribution in [0.5, 0.6) is 0 Å². The van der Waals surface area contributed by atoms with Gasteiger partial charge in [-0.2, -0.15) is 0 Å². The van der Waals surface area contributed by atoms with Crippen molar-refractivity contribution in [1.82, 2.24) is 4.90 Å². The van der Waals surface area contributed by atoms with Gasteiger partial charge < -0.3 is 9.84 Å². The van der Waals surface area contributed by atoms with Gasteiger partial charge in [0.1, 0.15) is 13.2 Å². The van der Waals surface area contributed by atoms with Gasteiger partial charge in [0.05, 0.1) is 12.0 Å². The summed E-state index contributed by atoms with van der Waals surface area (Å²) in [5.74, 6) is -1.80. The molecule has 0 radical (unpaired) electrons. The number of hydrogen-bond donors (Lipinski definition) is 1. The Hall–Kier alpha value is -1.43. The highest BCUT2D eigenvalue weighted by molar-refractivity contribution is 5.99. The topological polar surface area (TPSA) is 83.9 Å². The quantitative estimate of drug-likeness (QED) is 0.711. The highest BCUT2D eigenvalue weighted by Crippen LogP contribution is 2.39. The molecule has 2 amide bonds. The van der Waals surface area contributed by atoms with Gasteiger partial charge in [-0.15, -0.1) is 0 Å². The number of aliphatic carboxylic acids is 1. The first-order valence-corrected chi connectivity index (χ1v) is 5.71. The first-order chi connectivity index (χ1) is 8.05. The molecule has 0 atom stereocenters. The van der Waals surface area contributed by atoms with Crippen molar-refractivity contribution in [2.45, 2.75) is 37.6 Å². The number of amides is 2. The van der Waals surface area contributed by atoms with E-state index >= 15 is 0 Å². The minimum absolute atomic E-state index is 0.132. The van der Waals surface area contributed by atoms with Crippen LogP contribution >= 0.6 is 0 Å². The molecule has 1 aliphatic carbocycles. The van der Waals surface area contributed by atoms with E-state index in [1.54, 1.807) is 0 Å². The van der Waals surface area contributed by atoms with Crippen LogP contribution in [0.15, 0.2) is 0 Å². The largest absolute Gasteiger partial charge is 0.481 e. The molecule has 1 N–H and O–H groups in total. The Morgan fingerprint density at radius 3 is 2.24 bits per heavy atom. The van der Waals surface area contributed by atoms with Gasteiger partial charge in [0, 0.05) is 0 Å². The van der Waals surface area contributed by atoms with E-state index in [-0.39, 0.29) is 19.6 Å². The lowest BCUT2D eigenvalue weighted by molar-refractivity contribution is -0.168. The normalized spacial score (nSPS) is 24.1. The molecule has 0 aromatic carbocycles. The van der Waals surface area contributed by atoms with E-state index < -0.39 is 23.3 Å². The van der Waals surface area contributed by atoms with E-state index in [1.165, 1.54) is 0 Å². The van der Waals surface area contributed by atoms with E-state index in [4.69, 9.17) is 9.84 Å². The van der Waals surface area contributed by atoms with Crippen LogP contribution in [0.1, 0.15) is 32.1 Å². The van der Waals surface area contributed by atoms with E-state index in [2.05, 4.69) is 0 Å². The highest BCUT2D eigenvalue weighted by atomic mass is 16.5. The number of carboxylic acid groups (broad SMARTS) is 1. The summed E-state index contributed by atoms with van der Waals surface area (Å²) in [6.07, 6.45) is 2.70. The van der Waals surface area contributed by atoms with Gasteiger partial charge in [0.25, 0.3) is 11.8 Å². The molecule has 2 aliphatic rings.